The van der Waals surface area contributed by atoms with Crippen LogP contribution in [-0.4, -0.2) is 19.9 Å². The van der Waals surface area contributed by atoms with Gasteiger partial charge in [0.15, 0.2) is 0 Å². The van der Waals surface area contributed by atoms with Crippen LogP contribution in [0.1, 0.15) is 11.1 Å². The molecule has 2 rings (SSSR count). The van der Waals surface area contributed by atoms with Gasteiger partial charge in [0.05, 0.1) is 10.5 Å². The lowest BCUT2D eigenvalue weighted by atomic mass is 10.2. The lowest BCUT2D eigenvalue weighted by molar-refractivity contribution is 0.581. The molecule has 1 N–H and O–H groups in total. The minimum Gasteiger partial charge on any atom is -0.265 e. The molecule has 2 aromatic rings. The first-order chi connectivity index (χ1) is 9.63. The Hall–Kier alpha value is -2.23. The van der Waals surface area contributed by atoms with Gasteiger partial charge in [-0.15, -0.1) is 0 Å². The Labute approximate surface area is 118 Å². The highest BCUT2D eigenvalue weighted by atomic mass is 32.2. The summed E-state index contributed by atoms with van der Waals surface area (Å²) in [6, 6.07) is 11.7. The van der Waals surface area contributed by atoms with Gasteiger partial charge in [-0.1, -0.05) is 12.1 Å². The van der Waals surface area contributed by atoms with Gasteiger partial charge in [0.1, 0.15) is 6.07 Å². The number of hydrogen-bond acceptors (Lipinski definition) is 4. The first-order valence-corrected chi connectivity index (χ1v) is 7.49. The predicted molar refractivity (Wildman–Crippen MR) is 74.3 cm³/mol. The zero-order valence-corrected chi connectivity index (χ0v) is 11.5. The predicted octanol–water partition coefficient (Wildman–Crippen LogP) is 1.47. The molecular weight excluding hydrogens is 274 g/mol. The molecule has 0 amide bonds. The Kier molecular flexibility index (Phi) is 4.45. The summed E-state index contributed by atoms with van der Waals surface area (Å²) in [6.07, 6.45) is 3.89. The average molecular weight is 287 g/mol. The molecule has 0 bridgehead atoms. The molecule has 102 valence electrons. The average Bonchev–Trinajstić information content (AvgIpc) is 2.48. The van der Waals surface area contributed by atoms with Crippen LogP contribution in [-0.2, 0) is 16.4 Å². The molecule has 0 unspecified atom stereocenters. The van der Waals surface area contributed by atoms with Crippen LogP contribution in [0.3, 0.4) is 0 Å². The van der Waals surface area contributed by atoms with Crippen LogP contribution >= 0.6 is 0 Å². The van der Waals surface area contributed by atoms with Crippen molar-refractivity contribution in [2.24, 2.45) is 0 Å². The summed E-state index contributed by atoms with van der Waals surface area (Å²) in [5.74, 6) is 0. The molecule has 0 saturated carbocycles. The quantitative estimate of drug-likeness (QED) is 0.902. The first-order valence-electron chi connectivity index (χ1n) is 6.01. The molecule has 0 aliphatic carbocycles. The maximum atomic E-state index is 12.1. The van der Waals surface area contributed by atoms with E-state index in [-0.39, 0.29) is 17.0 Å². The van der Waals surface area contributed by atoms with Crippen molar-refractivity contribution in [2.75, 3.05) is 6.54 Å². The largest absolute Gasteiger partial charge is 0.265 e. The lowest BCUT2D eigenvalue weighted by Gasteiger charge is -2.08. The minimum atomic E-state index is -3.66. The van der Waals surface area contributed by atoms with E-state index in [9.17, 15) is 8.42 Å². The molecule has 0 aliphatic heterocycles. The second-order valence-electron chi connectivity index (χ2n) is 4.11. The normalized spacial score (nSPS) is 10.9. The van der Waals surface area contributed by atoms with E-state index in [2.05, 4.69) is 9.71 Å². The van der Waals surface area contributed by atoms with Gasteiger partial charge >= 0.3 is 0 Å². The van der Waals surface area contributed by atoms with Gasteiger partial charge in [-0.2, -0.15) is 5.26 Å². The Bertz CT molecular complexity index is 722. The number of sulfonamides is 1. The number of nitrogens with zero attached hydrogens (tertiary/aromatic N) is 2. The molecular formula is C14H13N3O2S. The Balaban J connectivity index is 2.07. The van der Waals surface area contributed by atoms with Crippen molar-refractivity contribution in [3.63, 3.8) is 0 Å². The van der Waals surface area contributed by atoms with Crippen LogP contribution in [0, 0.1) is 11.3 Å². The van der Waals surface area contributed by atoms with E-state index in [1.807, 2.05) is 18.2 Å². The van der Waals surface area contributed by atoms with Crippen LogP contribution in [0.4, 0.5) is 0 Å². The van der Waals surface area contributed by atoms with Gasteiger partial charge in [-0.05, 0) is 36.2 Å². The Morgan fingerprint density at radius 3 is 2.55 bits per heavy atom. The Morgan fingerprint density at radius 1 is 1.15 bits per heavy atom. The van der Waals surface area contributed by atoms with E-state index in [4.69, 9.17) is 5.26 Å². The lowest BCUT2D eigenvalue weighted by Crippen LogP contribution is -2.26. The highest BCUT2D eigenvalue weighted by Gasteiger charge is 2.17. The third kappa shape index (κ3) is 3.41. The van der Waals surface area contributed by atoms with Crippen molar-refractivity contribution < 1.29 is 8.42 Å². The second kappa shape index (κ2) is 6.28. The van der Waals surface area contributed by atoms with E-state index in [1.54, 1.807) is 24.5 Å². The van der Waals surface area contributed by atoms with Gasteiger partial charge in [0.2, 0.25) is 10.0 Å². The second-order valence-corrected chi connectivity index (χ2v) is 5.85. The standard InChI is InChI=1S/C14H13N3O2S/c15-11-13-3-1-2-4-14(13)20(18,19)17-10-7-12-5-8-16-9-6-12/h1-6,8-9,17H,7,10H2. The Morgan fingerprint density at radius 2 is 1.85 bits per heavy atom. The number of benzene rings is 1. The summed E-state index contributed by atoms with van der Waals surface area (Å²) >= 11 is 0. The molecule has 20 heavy (non-hydrogen) atoms. The molecule has 0 atom stereocenters. The summed E-state index contributed by atoms with van der Waals surface area (Å²) in [5.41, 5.74) is 1.14. The molecule has 1 aromatic carbocycles. The van der Waals surface area contributed by atoms with Gasteiger partial charge < -0.3 is 0 Å². The van der Waals surface area contributed by atoms with Crippen molar-refractivity contribution in [1.82, 2.24) is 9.71 Å². The SMILES string of the molecule is N#Cc1ccccc1S(=O)(=O)NCCc1ccncc1. The summed E-state index contributed by atoms with van der Waals surface area (Å²) in [7, 11) is -3.66. The number of nitriles is 1. The molecule has 6 heteroatoms. The fourth-order valence-electron chi connectivity index (χ4n) is 1.75. The van der Waals surface area contributed by atoms with Crippen molar-refractivity contribution in [1.29, 1.82) is 5.26 Å². The van der Waals surface area contributed by atoms with Crippen molar-refractivity contribution >= 4 is 10.0 Å². The highest BCUT2D eigenvalue weighted by molar-refractivity contribution is 7.89. The molecule has 0 radical (unpaired) electrons. The van der Waals surface area contributed by atoms with E-state index in [1.165, 1.54) is 12.1 Å². The molecule has 0 fully saturated rings. The first kappa shape index (κ1) is 14.2. The van der Waals surface area contributed by atoms with Crippen molar-refractivity contribution in [3.05, 3.63) is 59.9 Å². The number of pyridine rings is 1. The highest BCUT2D eigenvalue weighted by Crippen LogP contribution is 2.13. The molecule has 0 aliphatic rings. The topological polar surface area (TPSA) is 82.8 Å². The van der Waals surface area contributed by atoms with E-state index in [0.717, 1.165) is 5.56 Å². The smallest absolute Gasteiger partial charge is 0.241 e. The molecule has 0 saturated heterocycles. The van der Waals surface area contributed by atoms with Crippen LogP contribution in [0.5, 0.6) is 0 Å². The van der Waals surface area contributed by atoms with Crippen LogP contribution in [0.15, 0.2) is 53.7 Å². The summed E-state index contributed by atoms with van der Waals surface area (Å²) in [4.78, 5) is 3.91. The fraction of sp³-hybridized carbons (Fsp3) is 0.143. The van der Waals surface area contributed by atoms with E-state index in [0.29, 0.717) is 6.42 Å². The number of rotatable bonds is 5. The van der Waals surface area contributed by atoms with Crippen LogP contribution in [0.2, 0.25) is 0 Å². The zero-order valence-electron chi connectivity index (χ0n) is 10.7. The zero-order chi connectivity index (χ0) is 14.4. The molecule has 1 aromatic heterocycles. The molecule has 0 spiro atoms. The van der Waals surface area contributed by atoms with E-state index >= 15 is 0 Å². The van der Waals surface area contributed by atoms with Gasteiger partial charge in [-0.3, -0.25) is 4.98 Å². The molecule has 5 nitrogen and oxygen atoms in total. The minimum absolute atomic E-state index is 0.0113. The maximum Gasteiger partial charge on any atom is 0.241 e. The van der Waals surface area contributed by atoms with Gasteiger partial charge in [-0.25, -0.2) is 13.1 Å². The third-order valence-corrected chi connectivity index (χ3v) is 4.27. The van der Waals surface area contributed by atoms with Crippen LogP contribution in [0.25, 0.3) is 0 Å². The number of hydrogen-bond donors (Lipinski definition) is 1. The van der Waals surface area contributed by atoms with E-state index < -0.39 is 10.0 Å². The monoisotopic (exact) mass is 287 g/mol. The summed E-state index contributed by atoms with van der Waals surface area (Å²) in [5, 5.41) is 8.94. The van der Waals surface area contributed by atoms with Crippen molar-refractivity contribution in [2.45, 2.75) is 11.3 Å². The fourth-order valence-corrected chi connectivity index (χ4v) is 2.94. The van der Waals surface area contributed by atoms with Crippen LogP contribution < -0.4 is 4.72 Å². The third-order valence-electron chi connectivity index (χ3n) is 2.75. The van der Waals surface area contributed by atoms with Crippen molar-refractivity contribution in [3.8, 4) is 6.07 Å². The van der Waals surface area contributed by atoms with Gasteiger partial charge in [0.25, 0.3) is 0 Å². The summed E-state index contributed by atoms with van der Waals surface area (Å²) in [6.45, 7) is 0.270. The maximum absolute atomic E-state index is 12.1. The number of nitrogens with one attached hydrogen (secondary N) is 1. The summed E-state index contributed by atoms with van der Waals surface area (Å²) < 4.78 is 26.8. The number of aromatic nitrogens is 1. The van der Waals surface area contributed by atoms with Gasteiger partial charge in [0, 0.05) is 18.9 Å². The molecule has 1 heterocycles.